The molecule has 27 heavy (non-hydrogen) atoms. The molecule has 0 saturated heterocycles. The van der Waals surface area contributed by atoms with Gasteiger partial charge < -0.3 is 16.2 Å². The average Bonchev–Trinajstić information content (AvgIpc) is 2.62. The van der Waals surface area contributed by atoms with E-state index in [1.807, 2.05) is 13.0 Å². The largest absolute Gasteiger partial charge is 0.478 e. The lowest BCUT2D eigenvalue weighted by Gasteiger charge is -2.18. The van der Waals surface area contributed by atoms with Crippen LogP contribution in [0.4, 0.5) is 11.4 Å². The molecule has 0 spiro atoms. The second-order valence-electron chi connectivity index (χ2n) is 7.93. The zero-order valence-corrected chi connectivity index (χ0v) is 17.7. The lowest BCUT2D eigenvalue weighted by Crippen LogP contribution is -2.17. The van der Waals surface area contributed by atoms with Crippen molar-refractivity contribution in [1.29, 1.82) is 0 Å². The van der Waals surface area contributed by atoms with Crippen LogP contribution >= 0.6 is 0 Å². The van der Waals surface area contributed by atoms with Gasteiger partial charge in [0.2, 0.25) is 0 Å². The number of aryl methyl sites for hydroxylation is 1. The highest BCUT2D eigenvalue weighted by atomic mass is 16.4. The first kappa shape index (κ1) is 23.3. The fraction of sp³-hybridized carbons (Fsp3) is 0.696. The van der Waals surface area contributed by atoms with Gasteiger partial charge in [0.05, 0.1) is 5.56 Å². The number of carbonyl (C=O) groups is 1. The molecular weight excluding hydrogens is 336 g/mol. The Labute approximate surface area is 165 Å². The Balaban J connectivity index is 2.19. The van der Waals surface area contributed by atoms with Crippen LogP contribution in [-0.2, 0) is 0 Å². The van der Waals surface area contributed by atoms with Crippen molar-refractivity contribution in [2.45, 2.75) is 104 Å². The standard InChI is InChI=1S/C23H40N2O2/c1-4-5-6-7-8-9-10-11-12-13-14-15-19(3)25-22-16-18(2)21(24)17-20(22)23(26)27/h16-17,19,25H,4-15,24H2,1-3H3,(H,26,27). The van der Waals surface area contributed by atoms with Gasteiger partial charge in [-0.05, 0) is 38.0 Å². The minimum Gasteiger partial charge on any atom is -0.478 e. The topological polar surface area (TPSA) is 75.3 Å². The molecule has 0 aliphatic heterocycles. The van der Waals surface area contributed by atoms with E-state index in [2.05, 4.69) is 19.2 Å². The van der Waals surface area contributed by atoms with Gasteiger partial charge in [0.15, 0.2) is 0 Å². The summed E-state index contributed by atoms with van der Waals surface area (Å²) >= 11 is 0. The van der Waals surface area contributed by atoms with Crippen LogP contribution in [0.1, 0.15) is 107 Å². The van der Waals surface area contributed by atoms with Crippen LogP contribution in [0.2, 0.25) is 0 Å². The summed E-state index contributed by atoms with van der Waals surface area (Å²) in [5, 5.41) is 12.7. The van der Waals surface area contributed by atoms with Gasteiger partial charge in [-0.3, -0.25) is 0 Å². The second-order valence-corrected chi connectivity index (χ2v) is 7.93. The summed E-state index contributed by atoms with van der Waals surface area (Å²) in [6.07, 6.45) is 15.8. The number of rotatable bonds is 15. The summed E-state index contributed by atoms with van der Waals surface area (Å²) in [6, 6.07) is 3.65. The predicted molar refractivity (Wildman–Crippen MR) is 117 cm³/mol. The molecule has 0 aromatic heterocycles. The second kappa shape index (κ2) is 13.5. The molecule has 0 aliphatic carbocycles. The molecule has 4 N–H and O–H groups in total. The number of hydrogen-bond donors (Lipinski definition) is 3. The molecule has 0 fully saturated rings. The summed E-state index contributed by atoms with van der Waals surface area (Å²) in [5.41, 5.74) is 8.20. The molecule has 1 aromatic rings. The highest BCUT2D eigenvalue weighted by Crippen LogP contribution is 2.24. The van der Waals surface area contributed by atoms with E-state index < -0.39 is 5.97 Å². The number of carboxylic acids is 1. The first-order valence-electron chi connectivity index (χ1n) is 10.9. The van der Waals surface area contributed by atoms with E-state index in [4.69, 9.17) is 5.73 Å². The quantitative estimate of drug-likeness (QED) is 0.233. The highest BCUT2D eigenvalue weighted by molar-refractivity contribution is 5.95. The molecule has 4 heteroatoms. The van der Waals surface area contributed by atoms with E-state index in [0.29, 0.717) is 11.4 Å². The van der Waals surface area contributed by atoms with Gasteiger partial charge in [0.25, 0.3) is 0 Å². The third-order valence-electron chi connectivity index (χ3n) is 5.28. The summed E-state index contributed by atoms with van der Waals surface area (Å²) in [4.78, 5) is 11.4. The van der Waals surface area contributed by atoms with Crippen molar-refractivity contribution in [1.82, 2.24) is 0 Å². The van der Waals surface area contributed by atoms with Gasteiger partial charge in [0, 0.05) is 17.4 Å². The zero-order chi connectivity index (χ0) is 20.1. The van der Waals surface area contributed by atoms with E-state index in [1.165, 1.54) is 70.6 Å². The van der Waals surface area contributed by atoms with E-state index in [9.17, 15) is 9.90 Å². The normalized spacial score (nSPS) is 12.1. The number of aromatic carboxylic acids is 1. The van der Waals surface area contributed by atoms with Gasteiger partial charge in [-0.2, -0.15) is 0 Å². The fourth-order valence-corrected chi connectivity index (χ4v) is 3.47. The van der Waals surface area contributed by atoms with Gasteiger partial charge in [-0.1, -0.05) is 77.6 Å². The average molecular weight is 377 g/mol. The molecule has 0 heterocycles. The van der Waals surface area contributed by atoms with Gasteiger partial charge in [0.1, 0.15) is 0 Å². The maximum Gasteiger partial charge on any atom is 0.337 e. The fourth-order valence-electron chi connectivity index (χ4n) is 3.47. The molecular formula is C23H40N2O2. The van der Waals surface area contributed by atoms with E-state index in [-0.39, 0.29) is 11.6 Å². The van der Waals surface area contributed by atoms with Crippen LogP contribution in [-0.4, -0.2) is 17.1 Å². The van der Waals surface area contributed by atoms with Crippen LogP contribution in [0.25, 0.3) is 0 Å². The maximum absolute atomic E-state index is 11.4. The van der Waals surface area contributed by atoms with Gasteiger partial charge in [-0.25, -0.2) is 4.79 Å². The molecule has 0 saturated carbocycles. The molecule has 1 rings (SSSR count). The van der Waals surface area contributed by atoms with Crippen molar-refractivity contribution in [3.8, 4) is 0 Å². The number of nitrogens with one attached hydrogen (secondary N) is 1. The first-order chi connectivity index (χ1) is 13.0. The minimum atomic E-state index is -0.939. The molecule has 154 valence electrons. The van der Waals surface area contributed by atoms with Gasteiger partial charge in [-0.15, -0.1) is 0 Å². The third-order valence-corrected chi connectivity index (χ3v) is 5.28. The number of benzene rings is 1. The number of unbranched alkanes of at least 4 members (excludes halogenated alkanes) is 10. The molecule has 1 unspecified atom stereocenters. The Bertz CT molecular complexity index is 558. The van der Waals surface area contributed by atoms with Crippen molar-refractivity contribution in [3.63, 3.8) is 0 Å². The lowest BCUT2D eigenvalue weighted by atomic mass is 10.0. The highest BCUT2D eigenvalue weighted by Gasteiger charge is 2.14. The molecule has 0 radical (unpaired) electrons. The maximum atomic E-state index is 11.4. The van der Waals surface area contributed by atoms with Crippen LogP contribution in [0, 0.1) is 6.92 Å². The van der Waals surface area contributed by atoms with Crippen molar-refractivity contribution >= 4 is 17.3 Å². The monoisotopic (exact) mass is 376 g/mol. The molecule has 0 bridgehead atoms. The summed E-state index contributed by atoms with van der Waals surface area (Å²) < 4.78 is 0. The van der Waals surface area contributed by atoms with Gasteiger partial charge >= 0.3 is 5.97 Å². The number of nitrogens with two attached hydrogens (primary N) is 1. The number of nitrogen functional groups attached to an aromatic ring is 1. The Kier molecular flexibility index (Phi) is 11.6. The number of hydrogen-bond acceptors (Lipinski definition) is 3. The molecule has 4 nitrogen and oxygen atoms in total. The molecule has 0 aliphatic rings. The minimum absolute atomic E-state index is 0.254. The zero-order valence-electron chi connectivity index (χ0n) is 17.7. The Morgan fingerprint density at radius 1 is 1.00 bits per heavy atom. The Morgan fingerprint density at radius 3 is 2.04 bits per heavy atom. The number of carboxylic acid groups (broad SMARTS) is 1. The Hall–Kier alpha value is -1.71. The van der Waals surface area contributed by atoms with Crippen LogP contribution in [0.3, 0.4) is 0 Å². The first-order valence-corrected chi connectivity index (χ1v) is 10.9. The number of anilines is 2. The third kappa shape index (κ3) is 9.69. The Morgan fingerprint density at radius 2 is 1.52 bits per heavy atom. The summed E-state index contributed by atoms with van der Waals surface area (Å²) in [7, 11) is 0. The van der Waals surface area contributed by atoms with Crippen molar-refractivity contribution < 1.29 is 9.90 Å². The van der Waals surface area contributed by atoms with Crippen molar-refractivity contribution in [2.24, 2.45) is 0 Å². The lowest BCUT2D eigenvalue weighted by molar-refractivity contribution is 0.0698. The van der Waals surface area contributed by atoms with Crippen LogP contribution in [0.15, 0.2) is 12.1 Å². The van der Waals surface area contributed by atoms with Crippen molar-refractivity contribution in [2.75, 3.05) is 11.1 Å². The van der Waals surface area contributed by atoms with E-state index >= 15 is 0 Å². The smallest absolute Gasteiger partial charge is 0.337 e. The summed E-state index contributed by atoms with van der Waals surface area (Å²) in [6.45, 7) is 6.28. The summed E-state index contributed by atoms with van der Waals surface area (Å²) in [5.74, 6) is -0.939. The molecule has 1 atom stereocenters. The molecule has 1 aromatic carbocycles. The van der Waals surface area contributed by atoms with E-state index in [1.54, 1.807) is 6.07 Å². The predicted octanol–water partition coefficient (Wildman–Crippen LogP) is 6.78. The van der Waals surface area contributed by atoms with Crippen LogP contribution in [0.5, 0.6) is 0 Å². The van der Waals surface area contributed by atoms with E-state index in [0.717, 1.165) is 12.0 Å². The molecule has 0 amide bonds. The SMILES string of the molecule is CCCCCCCCCCCCCC(C)Nc1cc(C)c(N)cc1C(=O)O. The van der Waals surface area contributed by atoms with Crippen LogP contribution < -0.4 is 11.1 Å². The van der Waals surface area contributed by atoms with Crippen molar-refractivity contribution in [3.05, 3.63) is 23.3 Å².